The Hall–Kier alpha value is -3.05. The minimum absolute atomic E-state index is 0.00999. The average Bonchev–Trinajstić information content (AvgIpc) is 3.08. The minimum Gasteiger partial charge on any atom is -0.461 e. The summed E-state index contributed by atoms with van der Waals surface area (Å²) in [6, 6.07) is 2.17. The Labute approximate surface area is 153 Å². The van der Waals surface area contributed by atoms with E-state index >= 15 is 0 Å². The Morgan fingerprint density at radius 3 is 2.14 bits per heavy atom. The zero-order chi connectivity index (χ0) is 21.1. The van der Waals surface area contributed by atoms with Gasteiger partial charge in [-0.1, -0.05) is 5.16 Å². The second-order valence-electron chi connectivity index (χ2n) is 5.46. The Kier molecular flexibility index (Phi) is 6.00. The molecule has 28 heavy (non-hydrogen) atoms. The van der Waals surface area contributed by atoms with E-state index in [-0.39, 0.29) is 35.4 Å². The fourth-order valence-corrected chi connectivity index (χ4v) is 2.22. The molecule has 0 spiro atoms. The lowest BCUT2D eigenvalue weighted by Crippen LogP contribution is -2.14. The highest BCUT2D eigenvalue weighted by Gasteiger charge is 2.37. The average molecular weight is 409 g/mol. The van der Waals surface area contributed by atoms with Crippen molar-refractivity contribution in [3.8, 4) is 0 Å². The van der Waals surface area contributed by atoms with Gasteiger partial charge >= 0.3 is 18.3 Å². The number of nitrogens with two attached hydrogens (primary N) is 1. The molecule has 0 unspecified atom stereocenters. The van der Waals surface area contributed by atoms with Gasteiger partial charge in [0.15, 0.2) is 11.5 Å². The molecule has 0 amide bonds. The van der Waals surface area contributed by atoms with E-state index in [1.165, 1.54) is 0 Å². The molecule has 0 saturated carbocycles. The minimum atomic E-state index is -4.99. The van der Waals surface area contributed by atoms with Gasteiger partial charge in [-0.05, 0) is 30.7 Å². The van der Waals surface area contributed by atoms with Gasteiger partial charge in [0.05, 0.1) is 17.7 Å². The zero-order valence-corrected chi connectivity index (χ0v) is 14.2. The van der Waals surface area contributed by atoms with E-state index in [1.807, 2.05) is 0 Å². The molecule has 0 aliphatic rings. The van der Waals surface area contributed by atoms with E-state index in [2.05, 4.69) is 10.3 Å². The number of ether oxygens (including phenoxy) is 1. The summed E-state index contributed by atoms with van der Waals surface area (Å²) >= 11 is 0. The molecule has 0 fully saturated rings. The molecular formula is C16H13F6N3O3. The van der Waals surface area contributed by atoms with Crippen LogP contribution in [0.1, 0.15) is 39.9 Å². The number of carbonyl (C=O) groups excluding carboxylic acids is 1. The molecule has 12 heteroatoms. The summed E-state index contributed by atoms with van der Waals surface area (Å²) in [4.78, 5) is 11.6. The van der Waals surface area contributed by atoms with E-state index in [1.54, 1.807) is 6.92 Å². The Bertz CT molecular complexity index is 854. The van der Waals surface area contributed by atoms with Crippen molar-refractivity contribution >= 4 is 11.7 Å². The molecule has 0 aliphatic carbocycles. The summed E-state index contributed by atoms with van der Waals surface area (Å²) in [7, 11) is 0. The van der Waals surface area contributed by atoms with Gasteiger partial charge in [0, 0.05) is 12.5 Å². The summed E-state index contributed by atoms with van der Waals surface area (Å²) in [5.74, 6) is 4.16. The van der Waals surface area contributed by atoms with E-state index in [4.69, 9.17) is 15.1 Å². The third-order valence-electron chi connectivity index (χ3n) is 3.45. The first kappa shape index (κ1) is 21.3. The van der Waals surface area contributed by atoms with Gasteiger partial charge in [0.1, 0.15) is 5.71 Å². The molecule has 2 rings (SSSR count). The molecule has 0 aliphatic heterocycles. The summed E-state index contributed by atoms with van der Waals surface area (Å²) in [6.07, 6.45) is -10.5. The maximum atomic E-state index is 12.9. The van der Waals surface area contributed by atoms with Gasteiger partial charge in [-0.3, -0.25) is 0 Å². The summed E-state index contributed by atoms with van der Waals surface area (Å²) < 4.78 is 87.2. The second kappa shape index (κ2) is 7.90. The first-order valence-electron chi connectivity index (χ1n) is 7.65. The van der Waals surface area contributed by atoms with E-state index < -0.39 is 35.9 Å². The van der Waals surface area contributed by atoms with Crippen LogP contribution in [0.2, 0.25) is 0 Å². The van der Waals surface area contributed by atoms with Crippen molar-refractivity contribution < 1.29 is 40.4 Å². The number of hydrogen-bond donors (Lipinski definition) is 1. The molecule has 0 bridgehead atoms. The van der Waals surface area contributed by atoms with Gasteiger partial charge in [-0.25, -0.2) is 4.79 Å². The summed E-state index contributed by atoms with van der Waals surface area (Å²) in [6.45, 7) is 1.61. The van der Waals surface area contributed by atoms with Crippen molar-refractivity contribution in [3.05, 3.63) is 52.4 Å². The topological polar surface area (TPSA) is 90.7 Å². The number of benzene rings is 1. The maximum Gasteiger partial charge on any atom is 0.416 e. The lowest BCUT2D eigenvalue weighted by atomic mass is 10.00. The normalized spacial score (nSPS) is 12.9. The first-order chi connectivity index (χ1) is 13.0. The number of nitrogens with zero attached hydrogens (tertiary/aromatic N) is 2. The number of halogens is 6. The predicted octanol–water partition coefficient (Wildman–Crippen LogP) is 3.79. The van der Waals surface area contributed by atoms with E-state index in [0.717, 1.165) is 6.07 Å². The second-order valence-corrected chi connectivity index (χ2v) is 5.46. The SMILES string of the molecule is CCOC(=O)c1cc(/C(Cc2cc(C(F)(F)F)cc(C(F)(F)F)c2)=N\N)on1. The molecule has 2 N–H and O–H groups in total. The van der Waals surface area contributed by atoms with Crippen molar-refractivity contribution in [2.24, 2.45) is 10.9 Å². The standard InChI is InChI=1S/C16H13F6N3O3/c1-2-27-14(26)12-7-13(28-25-12)11(24-23)5-8-3-9(15(17,18)19)6-10(4-8)16(20,21)22/h3-4,6-7H,2,5,23H2,1H3/b24-11-. The fourth-order valence-electron chi connectivity index (χ4n) is 2.22. The summed E-state index contributed by atoms with van der Waals surface area (Å²) in [5.41, 5.74) is -3.77. The van der Waals surface area contributed by atoms with Crippen LogP contribution in [0, 0.1) is 0 Å². The van der Waals surface area contributed by atoms with Crippen molar-refractivity contribution in [1.82, 2.24) is 5.16 Å². The molecule has 1 aromatic heterocycles. The zero-order valence-electron chi connectivity index (χ0n) is 14.2. The van der Waals surface area contributed by atoms with Gasteiger partial charge in [-0.15, -0.1) is 0 Å². The fraction of sp³-hybridized carbons (Fsp3) is 0.312. The number of esters is 1. The lowest BCUT2D eigenvalue weighted by Gasteiger charge is -2.14. The molecular weight excluding hydrogens is 396 g/mol. The number of alkyl halides is 6. The molecule has 1 heterocycles. The van der Waals surface area contributed by atoms with Crippen molar-refractivity contribution in [3.63, 3.8) is 0 Å². The van der Waals surface area contributed by atoms with Crippen LogP contribution in [0.15, 0.2) is 33.9 Å². The number of hydrazone groups is 1. The highest BCUT2D eigenvalue weighted by molar-refractivity contribution is 6.01. The van der Waals surface area contributed by atoms with Crippen molar-refractivity contribution in [2.75, 3.05) is 6.61 Å². The van der Waals surface area contributed by atoms with Crippen LogP contribution in [0.3, 0.4) is 0 Å². The van der Waals surface area contributed by atoms with Gasteiger partial charge in [-0.2, -0.15) is 31.4 Å². The highest BCUT2D eigenvalue weighted by atomic mass is 19.4. The van der Waals surface area contributed by atoms with Crippen LogP contribution in [-0.2, 0) is 23.5 Å². The third kappa shape index (κ3) is 5.02. The van der Waals surface area contributed by atoms with Crippen LogP contribution < -0.4 is 5.84 Å². The van der Waals surface area contributed by atoms with Crippen molar-refractivity contribution in [1.29, 1.82) is 0 Å². The monoisotopic (exact) mass is 409 g/mol. The summed E-state index contributed by atoms with van der Waals surface area (Å²) in [5, 5.41) is 6.74. The lowest BCUT2D eigenvalue weighted by molar-refractivity contribution is -0.143. The van der Waals surface area contributed by atoms with Crippen LogP contribution in [0.4, 0.5) is 26.3 Å². The van der Waals surface area contributed by atoms with E-state index in [9.17, 15) is 31.1 Å². The molecule has 152 valence electrons. The van der Waals surface area contributed by atoms with Gasteiger partial charge in [0.25, 0.3) is 0 Å². The number of carbonyl (C=O) groups is 1. The smallest absolute Gasteiger partial charge is 0.416 e. The van der Waals surface area contributed by atoms with Crippen molar-refractivity contribution in [2.45, 2.75) is 25.7 Å². The third-order valence-corrected chi connectivity index (χ3v) is 3.45. The number of aromatic nitrogens is 1. The quantitative estimate of drug-likeness (QED) is 0.267. The largest absolute Gasteiger partial charge is 0.461 e. The molecule has 2 aromatic rings. The Balaban J connectivity index is 2.38. The Morgan fingerprint density at radius 2 is 1.68 bits per heavy atom. The molecule has 6 nitrogen and oxygen atoms in total. The van der Waals surface area contributed by atoms with Crippen LogP contribution in [0.25, 0.3) is 0 Å². The van der Waals surface area contributed by atoms with Gasteiger partial charge in [0.2, 0.25) is 0 Å². The van der Waals surface area contributed by atoms with Gasteiger partial charge < -0.3 is 15.1 Å². The van der Waals surface area contributed by atoms with Crippen LogP contribution in [0.5, 0.6) is 0 Å². The Morgan fingerprint density at radius 1 is 1.11 bits per heavy atom. The van der Waals surface area contributed by atoms with E-state index in [0.29, 0.717) is 12.1 Å². The highest BCUT2D eigenvalue weighted by Crippen LogP contribution is 2.36. The maximum absolute atomic E-state index is 12.9. The number of hydrogen-bond acceptors (Lipinski definition) is 6. The predicted molar refractivity (Wildman–Crippen MR) is 83.3 cm³/mol. The molecule has 0 saturated heterocycles. The van der Waals surface area contributed by atoms with Crippen LogP contribution in [-0.4, -0.2) is 23.4 Å². The van der Waals surface area contributed by atoms with Crippen LogP contribution >= 0.6 is 0 Å². The molecule has 1 aromatic carbocycles. The first-order valence-corrected chi connectivity index (χ1v) is 7.65. The molecule has 0 atom stereocenters. The molecule has 0 radical (unpaired) electrons. The number of rotatable bonds is 5.